The lowest BCUT2D eigenvalue weighted by Crippen LogP contribution is -2.37. The van der Waals surface area contributed by atoms with Gasteiger partial charge in [0.2, 0.25) is 0 Å². The van der Waals surface area contributed by atoms with Crippen LogP contribution in [0.25, 0.3) is 11.0 Å². The molecule has 3 aromatic rings. The van der Waals surface area contributed by atoms with Crippen molar-refractivity contribution in [2.75, 3.05) is 26.7 Å². The highest BCUT2D eigenvalue weighted by molar-refractivity contribution is 6.01. The number of nitrogens with one attached hydrogen (secondary N) is 1. The minimum Gasteiger partial charge on any atom is -0.505 e. The van der Waals surface area contributed by atoms with Gasteiger partial charge in [-0.1, -0.05) is 12.1 Å². The SMILES string of the molecule is CC(C)OCCNC(=O)c1c(O)c2ncc(Cc3ccc(F)cc3)cc2n(CCN(C)C(=O)O)c1=O. The Balaban J connectivity index is 2.03. The van der Waals surface area contributed by atoms with Gasteiger partial charge in [0, 0.05) is 32.9 Å². The van der Waals surface area contributed by atoms with Gasteiger partial charge in [0.1, 0.15) is 16.9 Å². The van der Waals surface area contributed by atoms with Crippen LogP contribution in [0.1, 0.15) is 35.3 Å². The Morgan fingerprint density at radius 1 is 1.22 bits per heavy atom. The lowest BCUT2D eigenvalue weighted by Gasteiger charge is -2.18. The van der Waals surface area contributed by atoms with Crippen molar-refractivity contribution in [3.05, 3.63) is 69.4 Å². The zero-order valence-corrected chi connectivity index (χ0v) is 20.3. The van der Waals surface area contributed by atoms with Gasteiger partial charge in [0.05, 0.1) is 18.2 Å². The Morgan fingerprint density at radius 3 is 2.56 bits per heavy atom. The molecule has 11 heteroatoms. The second-order valence-corrected chi connectivity index (χ2v) is 8.57. The molecule has 0 saturated heterocycles. The number of amides is 2. The molecule has 2 amide bonds. The van der Waals surface area contributed by atoms with Crippen molar-refractivity contribution in [3.63, 3.8) is 0 Å². The second-order valence-electron chi connectivity index (χ2n) is 8.57. The minimum absolute atomic E-state index is 0.0269. The molecular weight excluding hydrogens is 471 g/mol. The number of likely N-dealkylation sites (N-methyl/N-ethyl adjacent to an activating group) is 1. The quantitative estimate of drug-likeness (QED) is 0.364. The summed E-state index contributed by atoms with van der Waals surface area (Å²) < 4.78 is 19.9. The van der Waals surface area contributed by atoms with Crippen LogP contribution in [0.4, 0.5) is 9.18 Å². The molecule has 0 radical (unpaired) electrons. The minimum atomic E-state index is -1.18. The summed E-state index contributed by atoms with van der Waals surface area (Å²) >= 11 is 0. The molecule has 1 aromatic carbocycles. The van der Waals surface area contributed by atoms with E-state index in [1.54, 1.807) is 18.2 Å². The number of aromatic nitrogens is 2. The molecule has 0 fully saturated rings. The van der Waals surface area contributed by atoms with E-state index in [4.69, 9.17) is 4.74 Å². The fourth-order valence-corrected chi connectivity index (χ4v) is 3.60. The van der Waals surface area contributed by atoms with Gasteiger partial charge in [-0.3, -0.25) is 14.6 Å². The molecule has 0 bridgehead atoms. The molecule has 0 saturated carbocycles. The molecule has 2 heterocycles. The first kappa shape index (κ1) is 26.6. The van der Waals surface area contributed by atoms with E-state index in [-0.39, 0.29) is 49.2 Å². The zero-order valence-electron chi connectivity index (χ0n) is 20.3. The summed E-state index contributed by atoms with van der Waals surface area (Å²) in [5.74, 6) is -1.71. The molecule has 36 heavy (non-hydrogen) atoms. The second kappa shape index (κ2) is 11.6. The van der Waals surface area contributed by atoms with Crippen LogP contribution in [-0.2, 0) is 17.7 Å². The first-order valence-electron chi connectivity index (χ1n) is 11.4. The summed E-state index contributed by atoms with van der Waals surface area (Å²) in [4.78, 5) is 42.7. The van der Waals surface area contributed by atoms with E-state index in [1.165, 1.54) is 29.9 Å². The maximum atomic E-state index is 13.4. The molecule has 10 nitrogen and oxygen atoms in total. The Morgan fingerprint density at radius 2 is 1.92 bits per heavy atom. The van der Waals surface area contributed by atoms with Crippen molar-refractivity contribution in [1.82, 2.24) is 19.8 Å². The van der Waals surface area contributed by atoms with Crippen LogP contribution in [0.3, 0.4) is 0 Å². The normalized spacial score (nSPS) is 11.1. The van der Waals surface area contributed by atoms with Gasteiger partial charge in [-0.05, 0) is 49.6 Å². The number of carbonyl (C=O) groups is 2. The van der Waals surface area contributed by atoms with Crippen LogP contribution in [0.5, 0.6) is 5.75 Å². The maximum Gasteiger partial charge on any atom is 0.407 e. The summed E-state index contributed by atoms with van der Waals surface area (Å²) in [5, 5.41) is 22.6. The number of aromatic hydroxyl groups is 1. The van der Waals surface area contributed by atoms with Gasteiger partial charge in [-0.15, -0.1) is 0 Å². The van der Waals surface area contributed by atoms with Crippen molar-refractivity contribution in [2.45, 2.75) is 32.9 Å². The lowest BCUT2D eigenvalue weighted by molar-refractivity contribution is 0.0745. The number of ether oxygens (including phenoxy) is 1. The maximum absolute atomic E-state index is 13.4. The van der Waals surface area contributed by atoms with Crippen LogP contribution in [0, 0.1) is 5.82 Å². The molecule has 0 atom stereocenters. The van der Waals surface area contributed by atoms with Crippen molar-refractivity contribution in [2.24, 2.45) is 0 Å². The van der Waals surface area contributed by atoms with Gasteiger partial charge >= 0.3 is 6.09 Å². The zero-order chi connectivity index (χ0) is 26.4. The number of halogens is 1. The third-order valence-corrected chi connectivity index (χ3v) is 5.51. The number of nitrogens with zero attached hydrogens (tertiary/aromatic N) is 3. The standard InChI is InChI=1S/C25H29FN4O6/c1-15(2)36-11-8-27-23(32)20-22(31)21-19(30(24(20)33)10-9-29(3)25(34)35)13-17(14-28-21)12-16-4-6-18(26)7-5-16/h4-7,13-15,31H,8-12H2,1-3H3,(H,27,32)(H,34,35). The molecule has 2 aromatic heterocycles. The van der Waals surface area contributed by atoms with Crippen molar-refractivity contribution in [3.8, 4) is 5.75 Å². The number of pyridine rings is 2. The van der Waals surface area contributed by atoms with Crippen LogP contribution in [-0.4, -0.2) is 69.5 Å². The largest absolute Gasteiger partial charge is 0.505 e. The van der Waals surface area contributed by atoms with Crippen LogP contribution in [0.15, 0.2) is 41.3 Å². The van der Waals surface area contributed by atoms with Gasteiger partial charge in [0.25, 0.3) is 11.5 Å². The first-order valence-corrected chi connectivity index (χ1v) is 11.4. The topological polar surface area (TPSA) is 134 Å². The lowest BCUT2D eigenvalue weighted by atomic mass is 10.1. The summed E-state index contributed by atoms with van der Waals surface area (Å²) in [5.41, 5.74) is 0.498. The Bertz CT molecular complexity index is 1310. The van der Waals surface area contributed by atoms with Crippen molar-refractivity contribution < 1.29 is 28.9 Å². The summed E-state index contributed by atoms with van der Waals surface area (Å²) in [6.07, 6.45) is 0.671. The van der Waals surface area contributed by atoms with E-state index in [0.717, 1.165) is 10.5 Å². The highest BCUT2D eigenvalue weighted by atomic mass is 19.1. The van der Waals surface area contributed by atoms with E-state index >= 15 is 0 Å². The number of benzene rings is 1. The average Bonchev–Trinajstić information content (AvgIpc) is 2.82. The highest BCUT2D eigenvalue weighted by Crippen LogP contribution is 2.26. The van der Waals surface area contributed by atoms with Gasteiger partial charge < -0.3 is 29.7 Å². The smallest absolute Gasteiger partial charge is 0.407 e. The Labute approximate surface area is 206 Å². The molecule has 3 N–H and O–H groups in total. The van der Waals surface area contributed by atoms with E-state index in [2.05, 4.69) is 10.3 Å². The molecule has 0 unspecified atom stereocenters. The number of hydrogen-bond donors (Lipinski definition) is 3. The molecule has 0 spiro atoms. The van der Waals surface area contributed by atoms with Gasteiger partial charge in [-0.25, -0.2) is 9.18 Å². The number of hydrogen-bond acceptors (Lipinski definition) is 6. The number of carboxylic acid groups (broad SMARTS) is 1. The van der Waals surface area contributed by atoms with E-state index in [1.807, 2.05) is 13.8 Å². The number of fused-ring (bicyclic) bond motifs is 1. The molecular formula is C25H29FN4O6. The Hall–Kier alpha value is -3.99. The predicted octanol–water partition coefficient (Wildman–Crippen LogP) is 2.60. The Kier molecular flexibility index (Phi) is 8.59. The molecule has 3 rings (SSSR count). The third kappa shape index (κ3) is 6.36. The first-order chi connectivity index (χ1) is 17.1. The van der Waals surface area contributed by atoms with Crippen molar-refractivity contribution in [1.29, 1.82) is 0 Å². The fraction of sp³-hybridized carbons (Fsp3) is 0.360. The molecule has 0 aliphatic carbocycles. The molecule has 192 valence electrons. The van der Waals surface area contributed by atoms with E-state index in [9.17, 15) is 29.0 Å². The summed E-state index contributed by atoms with van der Waals surface area (Å²) in [6.45, 7) is 3.93. The monoisotopic (exact) mass is 500 g/mol. The van der Waals surface area contributed by atoms with Crippen LogP contribution in [0.2, 0.25) is 0 Å². The summed E-state index contributed by atoms with van der Waals surface area (Å²) in [7, 11) is 1.36. The van der Waals surface area contributed by atoms with Crippen molar-refractivity contribution >= 4 is 23.0 Å². The fourth-order valence-electron chi connectivity index (χ4n) is 3.60. The van der Waals surface area contributed by atoms with Crippen LogP contribution >= 0.6 is 0 Å². The third-order valence-electron chi connectivity index (χ3n) is 5.51. The van der Waals surface area contributed by atoms with E-state index in [0.29, 0.717) is 12.0 Å². The number of rotatable bonds is 10. The number of carbonyl (C=O) groups excluding carboxylic acids is 1. The molecule has 0 aliphatic rings. The predicted molar refractivity (Wildman–Crippen MR) is 131 cm³/mol. The van der Waals surface area contributed by atoms with E-state index < -0.39 is 28.9 Å². The van der Waals surface area contributed by atoms with Gasteiger partial charge in [-0.2, -0.15) is 0 Å². The van der Waals surface area contributed by atoms with Crippen LogP contribution < -0.4 is 10.9 Å². The molecule has 0 aliphatic heterocycles. The van der Waals surface area contributed by atoms with Gasteiger partial charge in [0.15, 0.2) is 5.75 Å². The average molecular weight is 501 g/mol. The highest BCUT2D eigenvalue weighted by Gasteiger charge is 2.24. The summed E-state index contributed by atoms with van der Waals surface area (Å²) in [6, 6.07) is 7.57.